The summed E-state index contributed by atoms with van der Waals surface area (Å²) < 4.78 is 10.6. The highest BCUT2D eigenvalue weighted by Gasteiger charge is 2.13. The Kier molecular flexibility index (Phi) is 2.68. The lowest BCUT2D eigenvalue weighted by Gasteiger charge is -2.08. The molecule has 5 nitrogen and oxygen atoms in total. The van der Waals surface area contributed by atoms with Crippen LogP contribution in [0.4, 0.5) is 0 Å². The fourth-order valence-electron chi connectivity index (χ4n) is 1.94. The number of fused-ring (bicyclic) bond motifs is 2. The van der Waals surface area contributed by atoms with E-state index >= 15 is 0 Å². The molecular weight excluding hydrogens is 246 g/mol. The number of nitrogens with zero attached hydrogens (tertiary/aromatic N) is 1. The van der Waals surface area contributed by atoms with E-state index in [1.165, 1.54) is 13.2 Å². The van der Waals surface area contributed by atoms with Gasteiger partial charge in [-0.1, -0.05) is 6.07 Å². The maximum absolute atomic E-state index is 11.7. The minimum absolute atomic E-state index is 0.0571. The molecule has 2 aliphatic rings. The van der Waals surface area contributed by atoms with Crippen molar-refractivity contribution in [3.8, 4) is 17.2 Å². The van der Waals surface area contributed by atoms with Crippen LogP contribution < -0.4 is 10.2 Å². The number of benzene rings is 2. The van der Waals surface area contributed by atoms with Crippen LogP contribution in [0.1, 0.15) is 5.56 Å². The molecular formula is C14H11NO4. The standard InChI is InChI=1S/C14H11NO4/c1-18-14-5-10-13(6-11(14)17)19-12-3-2-8(7-16)4-9(12)15-10/h2-6,16H,7H2,1H3. The largest absolute Gasteiger partial charge is 0.493 e. The van der Waals surface area contributed by atoms with Crippen LogP contribution in [0.5, 0.6) is 5.75 Å². The quantitative estimate of drug-likeness (QED) is 0.708. The summed E-state index contributed by atoms with van der Waals surface area (Å²) in [7, 11) is 1.44. The maximum atomic E-state index is 11.7. The third kappa shape index (κ3) is 1.94. The first-order chi connectivity index (χ1) is 9.21. The van der Waals surface area contributed by atoms with Gasteiger partial charge in [-0.25, -0.2) is 4.98 Å². The first kappa shape index (κ1) is 11.7. The molecule has 96 valence electrons. The predicted octanol–water partition coefficient (Wildman–Crippen LogP) is 1.79. The summed E-state index contributed by atoms with van der Waals surface area (Å²) in [6.45, 7) is -0.0571. The zero-order chi connectivity index (χ0) is 13.4. The fraction of sp³-hybridized carbons (Fsp3) is 0.143. The van der Waals surface area contributed by atoms with Crippen molar-refractivity contribution in [1.82, 2.24) is 4.98 Å². The Morgan fingerprint density at radius 2 is 2.16 bits per heavy atom. The minimum atomic E-state index is -0.244. The van der Waals surface area contributed by atoms with Crippen LogP contribution in [0.25, 0.3) is 22.6 Å². The van der Waals surface area contributed by atoms with Gasteiger partial charge in [-0.2, -0.15) is 0 Å². The second-order valence-electron chi connectivity index (χ2n) is 4.14. The van der Waals surface area contributed by atoms with Gasteiger partial charge in [-0.3, -0.25) is 4.79 Å². The Morgan fingerprint density at radius 3 is 2.89 bits per heavy atom. The van der Waals surface area contributed by atoms with Crippen molar-refractivity contribution in [3.63, 3.8) is 0 Å². The van der Waals surface area contributed by atoms with Crippen LogP contribution in [0.3, 0.4) is 0 Å². The highest BCUT2D eigenvalue weighted by molar-refractivity contribution is 5.77. The Hall–Kier alpha value is -2.40. The summed E-state index contributed by atoms with van der Waals surface area (Å²) in [5.74, 6) is 0.642. The lowest BCUT2D eigenvalue weighted by Crippen LogP contribution is -2.05. The Labute approximate surface area is 108 Å². The molecule has 0 aromatic heterocycles. The number of hydrogen-bond acceptors (Lipinski definition) is 5. The number of methoxy groups -OCH3 is 1. The van der Waals surface area contributed by atoms with Crippen LogP contribution in [0, 0.1) is 0 Å². The second kappa shape index (κ2) is 4.37. The summed E-state index contributed by atoms with van der Waals surface area (Å²) in [5.41, 5.74) is 2.24. The topological polar surface area (TPSA) is 72.6 Å². The van der Waals surface area contributed by atoms with Crippen LogP contribution in [0.15, 0.2) is 39.5 Å². The van der Waals surface area contributed by atoms with Crippen molar-refractivity contribution in [3.05, 3.63) is 46.1 Å². The fourth-order valence-corrected chi connectivity index (χ4v) is 1.94. The van der Waals surface area contributed by atoms with Gasteiger partial charge in [-0.15, -0.1) is 0 Å². The van der Waals surface area contributed by atoms with Crippen LogP contribution >= 0.6 is 0 Å². The molecule has 1 aromatic rings. The van der Waals surface area contributed by atoms with Crippen molar-refractivity contribution in [2.75, 3.05) is 7.11 Å². The summed E-state index contributed by atoms with van der Waals surface area (Å²) in [6, 6.07) is 8.13. The van der Waals surface area contributed by atoms with Gasteiger partial charge >= 0.3 is 0 Å². The van der Waals surface area contributed by atoms with E-state index in [0.717, 1.165) is 5.56 Å². The molecule has 0 unspecified atom stereocenters. The molecule has 0 spiro atoms. The molecule has 0 amide bonds. The van der Waals surface area contributed by atoms with E-state index in [-0.39, 0.29) is 17.8 Å². The summed E-state index contributed by atoms with van der Waals surface area (Å²) in [5, 5.41) is 9.11. The average molecular weight is 257 g/mol. The molecule has 1 aliphatic heterocycles. The summed E-state index contributed by atoms with van der Waals surface area (Å²) in [4.78, 5) is 16.1. The van der Waals surface area contributed by atoms with E-state index in [9.17, 15) is 4.79 Å². The number of hydrogen-bond donors (Lipinski definition) is 1. The molecule has 0 radical (unpaired) electrons. The zero-order valence-electron chi connectivity index (χ0n) is 10.2. The van der Waals surface area contributed by atoms with Gasteiger partial charge in [0.25, 0.3) is 0 Å². The molecule has 0 atom stereocenters. The minimum Gasteiger partial charge on any atom is -0.493 e. The normalized spacial score (nSPS) is 11.1. The van der Waals surface area contributed by atoms with Gasteiger partial charge in [-0.05, 0) is 17.7 Å². The van der Waals surface area contributed by atoms with Crippen LogP contribution in [0.2, 0.25) is 0 Å². The SMILES string of the molecule is COc1cc2nc3cc(CO)ccc3oc-2cc1=O. The van der Waals surface area contributed by atoms with Crippen LogP contribution in [-0.2, 0) is 6.61 Å². The number of rotatable bonds is 2. The van der Waals surface area contributed by atoms with Crippen molar-refractivity contribution in [2.24, 2.45) is 0 Å². The number of aliphatic hydroxyl groups excluding tert-OH is 1. The summed E-state index contributed by atoms with van der Waals surface area (Å²) >= 11 is 0. The molecule has 1 heterocycles. The Bertz CT molecular complexity index is 778. The maximum Gasteiger partial charge on any atom is 0.224 e. The number of aliphatic hydroxyl groups is 1. The molecule has 0 fully saturated rings. The Balaban J connectivity index is 2.33. The summed E-state index contributed by atoms with van der Waals surface area (Å²) in [6.07, 6.45) is 0. The molecule has 1 aliphatic carbocycles. The van der Waals surface area contributed by atoms with Crippen molar-refractivity contribution < 1.29 is 14.3 Å². The predicted molar refractivity (Wildman–Crippen MR) is 69.4 cm³/mol. The van der Waals surface area contributed by atoms with Gasteiger partial charge in [0.2, 0.25) is 5.43 Å². The third-order valence-electron chi connectivity index (χ3n) is 2.91. The van der Waals surface area contributed by atoms with Gasteiger partial charge in [0, 0.05) is 12.1 Å². The van der Waals surface area contributed by atoms with Crippen molar-refractivity contribution in [1.29, 1.82) is 0 Å². The van der Waals surface area contributed by atoms with E-state index in [1.54, 1.807) is 24.3 Å². The average Bonchev–Trinajstić information content (AvgIpc) is 2.44. The van der Waals surface area contributed by atoms with Gasteiger partial charge in [0.1, 0.15) is 11.2 Å². The van der Waals surface area contributed by atoms with Crippen LogP contribution in [-0.4, -0.2) is 17.2 Å². The van der Waals surface area contributed by atoms with E-state index in [4.69, 9.17) is 14.3 Å². The van der Waals surface area contributed by atoms with E-state index in [1.807, 2.05) is 0 Å². The first-order valence-electron chi connectivity index (χ1n) is 5.73. The Morgan fingerprint density at radius 1 is 1.32 bits per heavy atom. The van der Waals surface area contributed by atoms with Crippen molar-refractivity contribution >= 4 is 11.1 Å². The molecule has 0 saturated carbocycles. The molecule has 1 aromatic carbocycles. The van der Waals surface area contributed by atoms with E-state index in [0.29, 0.717) is 22.6 Å². The van der Waals surface area contributed by atoms with Gasteiger partial charge in [0.15, 0.2) is 17.1 Å². The zero-order valence-corrected chi connectivity index (χ0v) is 10.2. The van der Waals surface area contributed by atoms with Gasteiger partial charge in [0.05, 0.1) is 13.7 Å². The second-order valence-corrected chi connectivity index (χ2v) is 4.14. The first-order valence-corrected chi connectivity index (χ1v) is 5.73. The lowest BCUT2D eigenvalue weighted by molar-refractivity contribution is 0.282. The molecule has 3 rings (SSSR count). The molecule has 1 N–H and O–H groups in total. The highest BCUT2D eigenvalue weighted by atomic mass is 16.5. The molecule has 5 heteroatoms. The van der Waals surface area contributed by atoms with Gasteiger partial charge < -0.3 is 14.3 Å². The highest BCUT2D eigenvalue weighted by Crippen LogP contribution is 2.26. The van der Waals surface area contributed by atoms with E-state index < -0.39 is 0 Å². The molecule has 0 saturated heterocycles. The third-order valence-corrected chi connectivity index (χ3v) is 2.91. The monoisotopic (exact) mass is 257 g/mol. The van der Waals surface area contributed by atoms with Crippen molar-refractivity contribution in [2.45, 2.75) is 6.61 Å². The lowest BCUT2D eigenvalue weighted by atomic mass is 10.2. The molecule has 19 heavy (non-hydrogen) atoms. The molecule has 0 bridgehead atoms. The smallest absolute Gasteiger partial charge is 0.224 e. The number of aromatic nitrogens is 1. The number of ether oxygens (including phenoxy) is 1. The van der Waals surface area contributed by atoms with E-state index in [2.05, 4.69) is 4.98 Å².